The summed E-state index contributed by atoms with van der Waals surface area (Å²) in [6, 6.07) is 7.43. The van der Waals surface area contributed by atoms with Crippen molar-refractivity contribution in [3.8, 4) is 5.75 Å². The van der Waals surface area contributed by atoms with E-state index in [2.05, 4.69) is 0 Å². The van der Waals surface area contributed by atoms with Crippen LogP contribution in [0.5, 0.6) is 5.75 Å². The fourth-order valence-electron chi connectivity index (χ4n) is 2.66. The number of hydrogen-bond donors (Lipinski definition) is 2. The standard InChI is InChI=1S/C15H20O4/c1-2-19-13-5-3-12(4-6-13)15(18)9-7-11(8-10-15)14(16)17/h3-6,11,18H,2,7-10H2,1H3,(H,16,17). The van der Waals surface area contributed by atoms with Crippen molar-refractivity contribution < 1.29 is 19.7 Å². The Bertz CT molecular complexity index is 430. The van der Waals surface area contributed by atoms with Gasteiger partial charge in [0.25, 0.3) is 0 Å². The van der Waals surface area contributed by atoms with Gasteiger partial charge in [-0.05, 0) is 50.3 Å². The molecule has 0 spiro atoms. The van der Waals surface area contributed by atoms with Crippen molar-refractivity contribution in [1.29, 1.82) is 0 Å². The summed E-state index contributed by atoms with van der Waals surface area (Å²) in [5, 5.41) is 19.6. The molecule has 0 radical (unpaired) electrons. The highest BCUT2D eigenvalue weighted by Gasteiger charge is 2.36. The Morgan fingerprint density at radius 1 is 1.32 bits per heavy atom. The maximum Gasteiger partial charge on any atom is 0.306 e. The monoisotopic (exact) mass is 264 g/mol. The zero-order valence-corrected chi connectivity index (χ0v) is 11.1. The second-order valence-corrected chi connectivity index (χ2v) is 5.10. The molecular weight excluding hydrogens is 244 g/mol. The lowest BCUT2D eigenvalue weighted by molar-refractivity contribution is -0.145. The second-order valence-electron chi connectivity index (χ2n) is 5.10. The molecule has 19 heavy (non-hydrogen) atoms. The minimum Gasteiger partial charge on any atom is -0.494 e. The molecule has 1 aliphatic rings. The molecule has 2 N–H and O–H groups in total. The zero-order chi connectivity index (χ0) is 13.9. The highest BCUT2D eigenvalue weighted by Crippen LogP contribution is 2.39. The number of benzene rings is 1. The molecule has 0 aliphatic heterocycles. The summed E-state index contributed by atoms with van der Waals surface area (Å²) >= 11 is 0. The Morgan fingerprint density at radius 2 is 1.89 bits per heavy atom. The molecule has 0 amide bonds. The first-order chi connectivity index (χ1) is 9.05. The summed E-state index contributed by atoms with van der Waals surface area (Å²) in [5.74, 6) is -0.286. The number of carboxylic acid groups (broad SMARTS) is 1. The van der Waals surface area contributed by atoms with Crippen molar-refractivity contribution in [2.45, 2.75) is 38.2 Å². The first-order valence-corrected chi connectivity index (χ1v) is 6.73. The van der Waals surface area contributed by atoms with E-state index in [1.165, 1.54) is 0 Å². The molecule has 0 heterocycles. The van der Waals surface area contributed by atoms with Gasteiger partial charge in [0.1, 0.15) is 5.75 Å². The van der Waals surface area contributed by atoms with Gasteiger partial charge in [0.15, 0.2) is 0 Å². The number of carbonyl (C=O) groups is 1. The Labute approximate surface area is 113 Å². The van der Waals surface area contributed by atoms with Crippen molar-refractivity contribution in [3.05, 3.63) is 29.8 Å². The summed E-state index contributed by atoms with van der Waals surface area (Å²) in [6.45, 7) is 2.54. The van der Waals surface area contributed by atoms with E-state index < -0.39 is 11.6 Å². The minimum absolute atomic E-state index is 0.317. The van der Waals surface area contributed by atoms with Gasteiger partial charge < -0.3 is 14.9 Å². The van der Waals surface area contributed by atoms with E-state index in [0.29, 0.717) is 32.3 Å². The average molecular weight is 264 g/mol. The molecule has 2 rings (SSSR count). The van der Waals surface area contributed by atoms with Gasteiger partial charge in [-0.1, -0.05) is 12.1 Å². The van der Waals surface area contributed by atoms with Gasteiger partial charge in [-0.25, -0.2) is 0 Å². The van der Waals surface area contributed by atoms with Gasteiger partial charge in [-0.3, -0.25) is 4.79 Å². The van der Waals surface area contributed by atoms with Gasteiger partial charge >= 0.3 is 5.97 Å². The van der Waals surface area contributed by atoms with Crippen LogP contribution < -0.4 is 4.74 Å². The Kier molecular flexibility index (Phi) is 4.10. The van der Waals surface area contributed by atoms with Gasteiger partial charge in [-0.15, -0.1) is 0 Å². The molecule has 4 heteroatoms. The topological polar surface area (TPSA) is 66.8 Å². The fraction of sp³-hybridized carbons (Fsp3) is 0.533. The summed E-state index contributed by atoms with van der Waals surface area (Å²) < 4.78 is 5.37. The van der Waals surface area contributed by atoms with Crippen molar-refractivity contribution in [3.63, 3.8) is 0 Å². The lowest BCUT2D eigenvalue weighted by Crippen LogP contribution is -2.33. The Balaban J connectivity index is 2.06. The summed E-state index contributed by atoms with van der Waals surface area (Å²) in [5.41, 5.74) is -0.0451. The first-order valence-electron chi connectivity index (χ1n) is 6.73. The summed E-state index contributed by atoms with van der Waals surface area (Å²) in [7, 11) is 0. The molecule has 1 aromatic rings. The molecular formula is C15H20O4. The van der Waals surface area contributed by atoms with Crippen LogP contribution in [0.25, 0.3) is 0 Å². The molecule has 0 aromatic heterocycles. The van der Waals surface area contributed by atoms with Crippen LogP contribution in [-0.4, -0.2) is 22.8 Å². The first kappa shape index (κ1) is 13.9. The second kappa shape index (κ2) is 5.61. The number of aliphatic carboxylic acids is 1. The van der Waals surface area contributed by atoms with Crippen LogP contribution in [0.15, 0.2) is 24.3 Å². The van der Waals surface area contributed by atoms with Crippen LogP contribution >= 0.6 is 0 Å². The lowest BCUT2D eigenvalue weighted by atomic mass is 9.75. The summed E-state index contributed by atoms with van der Waals surface area (Å²) in [4.78, 5) is 10.9. The van der Waals surface area contributed by atoms with Gasteiger partial charge in [0.2, 0.25) is 0 Å². The number of carboxylic acids is 1. The SMILES string of the molecule is CCOc1ccc(C2(O)CCC(C(=O)O)CC2)cc1. The third-order valence-electron chi connectivity index (χ3n) is 3.86. The highest BCUT2D eigenvalue weighted by atomic mass is 16.5. The van der Waals surface area contributed by atoms with Crippen LogP contribution in [0.3, 0.4) is 0 Å². The van der Waals surface area contributed by atoms with Gasteiger partial charge in [-0.2, -0.15) is 0 Å². The van der Waals surface area contributed by atoms with Gasteiger partial charge in [0.05, 0.1) is 18.1 Å². The van der Waals surface area contributed by atoms with E-state index >= 15 is 0 Å². The van der Waals surface area contributed by atoms with Crippen molar-refractivity contribution in [1.82, 2.24) is 0 Å². The van der Waals surface area contributed by atoms with E-state index in [-0.39, 0.29) is 5.92 Å². The maximum absolute atomic E-state index is 10.9. The van der Waals surface area contributed by atoms with Crippen LogP contribution in [0.4, 0.5) is 0 Å². The van der Waals surface area contributed by atoms with Crippen LogP contribution in [0.1, 0.15) is 38.2 Å². The third kappa shape index (κ3) is 3.07. The van der Waals surface area contributed by atoms with E-state index in [0.717, 1.165) is 11.3 Å². The van der Waals surface area contributed by atoms with Crippen molar-refractivity contribution in [2.24, 2.45) is 5.92 Å². The van der Waals surface area contributed by atoms with Crippen LogP contribution in [0.2, 0.25) is 0 Å². The van der Waals surface area contributed by atoms with Crippen LogP contribution in [-0.2, 0) is 10.4 Å². The van der Waals surface area contributed by atoms with E-state index in [4.69, 9.17) is 9.84 Å². The molecule has 0 bridgehead atoms. The molecule has 0 unspecified atom stereocenters. The number of rotatable bonds is 4. The average Bonchev–Trinajstić information content (AvgIpc) is 2.40. The largest absolute Gasteiger partial charge is 0.494 e. The normalized spacial score (nSPS) is 26.9. The quantitative estimate of drug-likeness (QED) is 0.877. The third-order valence-corrected chi connectivity index (χ3v) is 3.86. The molecule has 0 saturated heterocycles. The highest BCUT2D eigenvalue weighted by molar-refractivity contribution is 5.70. The smallest absolute Gasteiger partial charge is 0.306 e. The van der Waals surface area contributed by atoms with E-state index in [1.54, 1.807) is 0 Å². The van der Waals surface area contributed by atoms with Crippen LogP contribution in [0, 0.1) is 5.92 Å². The molecule has 1 saturated carbocycles. The van der Waals surface area contributed by atoms with E-state index in [9.17, 15) is 9.90 Å². The maximum atomic E-state index is 10.9. The zero-order valence-electron chi connectivity index (χ0n) is 11.1. The minimum atomic E-state index is -0.892. The lowest BCUT2D eigenvalue weighted by Gasteiger charge is -2.35. The molecule has 104 valence electrons. The van der Waals surface area contributed by atoms with Gasteiger partial charge in [0, 0.05) is 0 Å². The predicted molar refractivity (Wildman–Crippen MR) is 71.1 cm³/mol. The summed E-state index contributed by atoms with van der Waals surface area (Å²) in [6.07, 6.45) is 2.05. The molecule has 1 aliphatic carbocycles. The number of aliphatic hydroxyl groups is 1. The Morgan fingerprint density at radius 3 is 2.37 bits per heavy atom. The molecule has 1 fully saturated rings. The van der Waals surface area contributed by atoms with Crippen molar-refractivity contribution >= 4 is 5.97 Å². The molecule has 0 atom stereocenters. The molecule has 4 nitrogen and oxygen atoms in total. The molecule has 1 aromatic carbocycles. The predicted octanol–water partition coefficient (Wildman–Crippen LogP) is 2.55. The van der Waals surface area contributed by atoms with Crippen molar-refractivity contribution in [2.75, 3.05) is 6.61 Å². The van der Waals surface area contributed by atoms with E-state index in [1.807, 2.05) is 31.2 Å². The number of ether oxygens (including phenoxy) is 1. The Hall–Kier alpha value is -1.55. The number of hydrogen-bond acceptors (Lipinski definition) is 3. The fourth-order valence-corrected chi connectivity index (χ4v) is 2.66.